The third kappa shape index (κ3) is 0.980. The standard InChI is InChI=1S/C5H9NO2/c1-8-3-4-2-5(7)6-4/h4H,2-3H2,1H3,(H,6,7)/t4-/m1/s1. The summed E-state index contributed by atoms with van der Waals surface area (Å²) in [4.78, 5) is 10.2. The highest BCUT2D eigenvalue weighted by Gasteiger charge is 2.24. The van der Waals surface area contributed by atoms with Gasteiger partial charge in [0.2, 0.25) is 5.91 Å². The summed E-state index contributed by atoms with van der Waals surface area (Å²) in [5, 5.41) is 2.68. The summed E-state index contributed by atoms with van der Waals surface area (Å²) in [6, 6.07) is 0.285. The Kier molecular flexibility index (Phi) is 1.48. The second-order valence-corrected chi connectivity index (χ2v) is 1.92. The summed E-state index contributed by atoms with van der Waals surface area (Å²) in [6.07, 6.45) is 0.633. The topological polar surface area (TPSA) is 38.3 Å². The number of amides is 1. The van der Waals surface area contributed by atoms with Crippen molar-refractivity contribution in [2.45, 2.75) is 12.5 Å². The molecular formula is C5H9NO2. The van der Waals surface area contributed by atoms with E-state index in [-0.39, 0.29) is 11.9 Å². The molecule has 1 amide bonds. The zero-order valence-corrected chi connectivity index (χ0v) is 4.81. The molecule has 1 aliphatic rings. The van der Waals surface area contributed by atoms with Gasteiger partial charge in [0.25, 0.3) is 0 Å². The number of carbonyl (C=O) groups excluding carboxylic acids is 1. The van der Waals surface area contributed by atoms with E-state index in [4.69, 9.17) is 4.74 Å². The van der Waals surface area contributed by atoms with Crippen LogP contribution in [0.15, 0.2) is 0 Å². The second kappa shape index (κ2) is 2.13. The first kappa shape index (κ1) is 5.56. The average molecular weight is 115 g/mol. The van der Waals surface area contributed by atoms with E-state index < -0.39 is 0 Å². The number of ether oxygens (including phenoxy) is 1. The van der Waals surface area contributed by atoms with Crippen molar-refractivity contribution in [3.63, 3.8) is 0 Å². The van der Waals surface area contributed by atoms with Crippen LogP contribution in [0.4, 0.5) is 0 Å². The number of rotatable bonds is 2. The molecule has 0 bridgehead atoms. The van der Waals surface area contributed by atoms with Gasteiger partial charge < -0.3 is 10.1 Å². The van der Waals surface area contributed by atoms with Gasteiger partial charge in [0.1, 0.15) is 0 Å². The van der Waals surface area contributed by atoms with Gasteiger partial charge in [0.15, 0.2) is 0 Å². The quantitative estimate of drug-likeness (QED) is 0.494. The van der Waals surface area contributed by atoms with E-state index in [1.165, 1.54) is 0 Å². The molecule has 1 saturated heterocycles. The summed E-state index contributed by atoms with van der Waals surface area (Å²) in [5.74, 6) is 0.132. The zero-order chi connectivity index (χ0) is 5.98. The third-order valence-electron chi connectivity index (χ3n) is 1.16. The van der Waals surface area contributed by atoms with Crippen LogP contribution in [-0.4, -0.2) is 25.7 Å². The molecule has 1 aliphatic heterocycles. The molecule has 0 unspecified atom stereocenters. The Hall–Kier alpha value is -0.570. The van der Waals surface area contributed by atoms with Crippen molar-refractivity contribution < 1.29 is 9.53 Å². The minimum absolute atomic E-state index is 0.132. The van der Waals surface area contributed by atoms with Crippen LogP contribution in [0.25, 0.3) is 0 Å². The van der Waals surface area contributed by atoms with E-state index in [2.05, 4.69) is 5.32 Å². The monoisotopic (exact) mass is 115 g/mol. The summed E-state index contributed by atoms with van der Waals surface area (Å²) in [5.41, 5.74) is 0. The fourth-order valence-corrected chi connectivity index (χ4v) is 0.732. The van der Waals surface area contributed by atoms with Gasteiger partial charge in [0.05, 0.1) is 12.6 Å². The van der Waals surface area contributed by atoms with Gasteiger partial charge in [-0.3, -0.25) is 4.79 Å². The van der Waals surface area contributed by atoms with Crippen LogP contribution >= 0.6 is 0 Å². The Balaban J connectivity index is 2.06. The number of nitrogens with one attached hydrogen (secondary N) is 1. The van der Waals surface area contributed by atoms with Gasteiger partial charge in [-0.2, -0.15) is 0 Å². The Labute approximate surface area is 48.0 Å². The minimum atomic E-state index is 0.132. The molecule has 1 atom stereocenters. The van der Waals surface area contributed by atoms with Gasteiger partial charge in [-0.1, -0.05) is 0 Å². The predicted octanol–water partition coefficient (Wildman–Crippen LogP) is -0.479. The van der Waals surface area contributed by atoms with Crippen molar-refractivity contribution in [1.82, 2.24) is 5.32 Å². The lowest BCUT2D eigenvalue weighted by Gasteiger charge is -2.25. The Morgan fingerprint density at radius 3 is 3.00 bits per heavy atom. The number of β-lactam (4-membered cyclic amide) rings is 1. The van der Waals surface area contributed by atoms with E-state index in [1.807, 2.05) is 0 Å². The molecule has 8 heavy (non-hydrogen) atoms. The van der Waals surface area contributed by atoms with Gasteiger partial charge in [-0.15, -0.1) is 0 Å². The molecule has 1 N–H and O–H groups in total. The fourth-order valence-electron chi connectivity index (χ4n) is 0.732. The SMILES string of the molecule is COC[C@H]1CC(=O)N1. The molecule has 0 aromatic rings. The Bertz CT molecular complexity index is 94.6. The van der Waals surface area contributed by atoms with Crippen molar-refractivity contribution >= 4 is 5.91 Å². The molecule has 1 rings (SSSR count). The van der Waals surface area contributed by atoms with Crippen LogP contribution in [-0.2, 0) is 9.53 Å². The van der Waals surface area contributed by atoms with Crippen LogP contribution in [0.1, 0.15) is 6.42 Å². The summed E-state index contributed by atoms with van der Waals surface area (Å²) < 4.78 is 4.78. The lowest BCUT2D eigenvalue weighted by molar-refractivity contribution is -0.129. The average Bonchev–Trinajstić information content (AvgIpc) is 1.64. The van der Waals surface area contributed by atoms with Crippen molar-refractivity contribution in [1.29, 1.82) is 0 Å². The number of methoxy groups -OCH3 is 1. The second-order valence-electron chi connectivity index (χ2n) is 1.92. The van der Waals surface area contributed by atoms with Crippen LogP contribution in [0, 0.1) is 0 Å². The molecule has 0 aromatic carbocycles. The fraction of sp³-hybridized carbons (Fsp3) is 0.800. The first-order valence-corrected chi connectivity index (χ1v) is 2.61. The third-order valence-corrected chi connectivity index (χ3v) is 1.16. The number of hydrogen-bond acceptors (Lipinski definition) is 2. The van der Waals surface area contributed by atoms with Crippen molar-refractivity contribution in [2.24, 2.45) is 0 Å². The molecule has 0 aliphatic carbocycles. The zero-order valence-electron chi connectivity index (χ0n) is 4.81. The highest BCUT2D eigenvalue weighted by molar-refractivity contribution is 5.82. The maximum atomic E-state index is 10.2. The summed E-state index contributed by atoms with van der Waals surface area (Å²) in [7, 11) is 1.63. The van der Waals surface area contributed by atoms with Crippen molar-refractivity contribution in [2.75, 3.05) is 13.7 Å². The Morgan fingerprint density at radius 2 is 2.62 bits per heavy atom. The van der Waals surface area contributed by atoms with E-state index in [1.54, 1.807) is 7.11 Å². The van der Waals surface area contributed by atoms with Gasteiger partial charge >= 0.3 is 0 Å². The molecule has 0 spiro atoms. The molecule has 1 fully saturated rings. The van der Waals surface area contributed by atoms with Crippen LogP contribution in [0.2, 0.25) is 0 Å². The lowest BCUT2D eigenvalue weighted by atomic mass is 10.1. The Morgan fingerprint density at radius 1 is 2.00 bits per heavy atom. The molecule has 3 nitrogen and oxygen atoms in total. The first-order chi connectivity index (χ1) is 3.83. The van der Waals surface area contributed by atoms with E-state index >= 15 is 0 Å². The van der Waals surface area contributed by atoms with Crippen molar-refractivity contribution in [3.05, 3.63) is 0 Å². The molecule has 0 aromatic heterocycles. The minimum Gasteiger partial charge on any atom is -0.383 e. The lowest BCUT2D eigenvalue weighted by Crippen LogP contribution is -2.50. The highest BCUT2D eigenvalue weighted by Crippen LogP contribution is 2.02. The summed E-state index contributed by atoms with van der Waals surface area (Å²) >= 11 is 0. The van der Waals surface area contributed by atoms with Crippen LogP contribution < -0.4 is 5.32 Å². The van der Waals surface area contributed by atoms with Gasteiger partial charge in [-0.05, 0) is 0 Å². The van der Waals surface area contributed by atoms with Gasteiger partial charge in [-0.25, -0.2) is 0 Å². The molecule has 0 radical (unpaired) electrons. The van der Waals surface area contributed by atoms with E-state index in [9.17, 15) is 4.79 Å². The molecule has 0 saturated carbocycles. The largest absolute Gasteiger partial charge is 0.383 e. The molecule has 1 heterocycles. The number of carbonyl (C=O) groups is 1. The van der Waals surface area contributed by atoms with Crippen LogP contribution in [0.3, 0.4) is 0 Å². The van der Waals surface area contributed by atoms with Crippen LogP contribution in [0.5, 0.6) is 0 Å². The molecule has 3 heteroatoms. The smallest absolute Gasteiger partial charge is 0.222 e. The number of hydrogen-bond donors (Lipinski definition) is 1. The highest BCUT2D eigenvalue weighted by atomic mass is 16.5. The maximum absolute atomic E-state index is 10.2. The molecule has 46 valence electrons. The molecular weight excluding hydrogens is 106 g/mol. The normalized spacial score (nSPS) is 26.6. The first-order valence-electron chi connectivity index (χ1n) is 2.61. The van der Waals surface area contributed by atoms with E-state index in [0.29, 0.717) is 13.0 Å². The maximum Gasteiger partial charge on any atom is 0.222 e. The van der Waals surface area contributed by atoms with E-state index in [0.717, 1.165) is 0 Å². The van der Waals surface area contributed by atoms with Crippen molar-refractivity contribution in [3.8, 4) is 0 Å². The predicted molar refractivity (Wildman–Crippen MR) is 28.4 cm³/mol. The van der Waals surface area contributed by atoms with Gasteiger partial charge in [0, 0.05) is 13.5 Å². The summed E-state index contributed by atoms with van der Waals surface area (Å²) in [6.45, 7) is 0.645.